The normalized spacial score (nSPS) is 14.0. The van der Waals surface area contributed by atoms with Crippen molar-refractivity contribution < 1.29 is 28.6 Å². The summed E-state index contributed by atoms with van der Waals surface area (Å²) in [6.45, 7) is 3.18. The van der Waals surface area contributed by atoms with Crippen molar-refractivity contribution in [1.29, 1.82) is 0 Å². The second-order valence-corrected chi connectivity index (χ2v) is 6.38. The van der Waals surface area contributed by atoms with Gasteiger partial charge in [-0.3, -0.25) is 9.59 Å². The molecule has 1 aliphatic heterocycles. The zero-order valence-electron chi connectivity index (χ0n) is 14.5. The van der Waals surface area contributed by atoms with Crippen LogP contribution in [0.2, 0.25) is 0 Å². The molecule has 1 aromatic rings. The van der Waals surface area contributed by atoms with Crippen LogP contribution in [0.15, 0.2) is 29.4 Å². The van der Waals surface area contributed by atoms with E-state index in [1.165, 1.54) is 11.1 Å². The number of ether oxygens (including phenoxy) is 2. The molecule has 26 heavy (non-hydrogen) atoms. The maximum Gasteiger partial charge on any atom is 0.409 e. The van der Waals surface area contributed by atoms with Gasteiger partial charge < -0.3 is 24.5 Å². The molecule has 2 amide bonds. The van der Waals surface area contributed by atoms with Crippen molar-refractivity contribution in [2.45, 2.75) is 11.9 Å². The summed E-state index contributed by atoms with van der Waals surface area (Å²) in [6.07, 6.45) is 0.951. The minimum absolute atomic E-state index is 0.0594. The van der Waals surface area contributed by atoms with E-state index in [0.717, 1.165) is 11.8 Å². The Bertz CT molecular complexity index is 649. The van der Waals surface area contributed by atoms with Crippen molar-refractivity contribution in [3.05, 3.63) is 29.6 Å². The third-order valence-corrected chi connectivity index (χ3v) is 4.63. The van der Waals surface area contributed by atoms with E-state index in [9.17, 15) is 19.6 Å². The maximum absolute atomic E-state index is 12.1. The minimum atomic E-state index is -0.572. The van der Waals surface area contributed by atoms with Crippen LogP contribution in [0.4, 0.5) is 4.79 Å². The number of hydrogen-bond acceptors (Lipinski definition) is 7. The van der Waals surface area contributed by atoms with Crippen LogP contribution in [0.25, 0.3) is 0 Å². The molecule has 1 aromatic heterocycles. The van der Waals surface area contributed by atoms with E-state index in [-0.39, 0.29) is 24.4 Å². The molecule has 1 saturated heterocycles. The number of nitrogens with zero attached hydrogens (tertiary/aromatic N) is 3. The van der Waals surface area contributed by atoms with Crippen LogP contribution >= 0.6 is 11.8 Å². The van der Waals surface area contributed by atoms with Gasteiger partial charge in [0.05, 0.1) is 6.61 Å². The van der Waals surface area contributed by atoms with Crippen molar-refractivity contribution in [2.24, 2.45) is 0 Å². The van der Waals surface area contributed by atoms with Gasteiger partial charge in [0, 0.05) is 38.3 Å². The van der Waals surface area contributed by atoms with E-state index >= 15 is 0 Å². The molecule has 0 bridgehead atoms. The first-order valence-electron chi connectivity index (χ1n) is 8.17. The van der Waals surface area contributed by atoms with Crippen molar-refractivity contribution in [2.75, 3.05) is 45.1 Å². The largest absolute Gasteiger partial charge is 0.618 e. The van der Waals surface area contributed by atoms with Gasteiger partial charge in [-0.15, -0.1) is 0 Å². The molecule has 0 saturated carbocycles. The van der Waals surface area contributed by atoms with Crippen LogP contribution in [-0.4, -0.2) is 72.9 Å². The molecule has 0 aliphatic carbocycles. The summed E-state index contributed by atoms with van der Waals surface area (Å²) in [5, 5.41) is 11.8. The Morgan fingerprint density at radius 1 is 1.15 bits per heavy atom. The Hall–Kier alpha value is -2.49. The summed E-state index contributed by atoms with van der Waals surface area (Å²) >= 11 is 1.04. The predicted octanol–water partition coefficient (Wildman–Crippen LogP) is 0.256. The highest BCUT2D eigenvalue weighted by molar-refractivity contribution is 7.99. The Labute approximate surface area is 155 Å². The first kappa shape index (κ1) is 19.8. The second kappa shape index (κ2) is 9.85. The first-order chi connectivity index (χ1) is 12.5. The van der Waals surface area contributed by atoms with E-state index in [0.29, 0.717) is 42.5 Å². The zero-order chi connectivity index (χ0) is 18.9. The van der Waals surface area contributed by atoms with Crippen molar-refractivity contribution >= 4 is 29.7 Å². The van der Waals surface area contributed by atoms with Gasteiger partial charge >= 0.3 is 12.1 Å². The molecule has 2 rings (SSSR count). The number of piperazine rings is 1. The molecule has 1 fully saturated rings. The van der Waals surface area contributed by atoms with Crippen LogP contribution in [0.3, 0.4) is 0 Å². The molecule has 0 radical (unpaired) electrons. The third kappa shape index (κ3) is 5.80. The van der Waals surface area contributed by atoms with E-state index in [1.807, 2.05) is 0 Å². The van der Waals surface area contributed by atoms with E-state index < -0.39 is 5.97 Å². The number of esters is 1. The fraction of sp³-hybridized carbons (Fsp3) is 0.500. The van der Waals surface area contributed by atoms with Crippen LogP contribution in [-0.2, 0) is 19.1 Å². The Balaban J connectivity index is 1.68. The first-order valence-corrected chi connectivity index (χ1v) is 9.16. The van der Waals surface area contributed by atoms with Crippen molar-refractivity contribution in [1.82, 2.24) is 9.80 Å². The Morgan fingerprint density at radius 3 is 2.50 bits per heavy atom. The lowest BCUT2D eigenvalue weighted by molar-refractivity contribution is -0.645. The average Bonchev–Trinajstić information content (AvgIpc) is 2.65. The molecule has 0 spiro atoms. The number of amides is 2. The van der Waals surface area contributed by atoms with Crippen LogP contribution in [0.1, 0.15) is 6.92 Å². The van der Waals surface area contributed by atoms with E-state index in [4.69, 9.17) is 9.47 Å². The summed E-state index contributed by atoms with van der Waals surface area (Å²) in [5.74, 6) is -0.946. The molecule has 0 unspecified atom stereocenters. The number of carbonyl (C=O) groups excluding carboxylic acids is 3. The van der Waals surface area contributed by atoms with Gasteiger partial charge in [0.25, 0.3) is 10.9 Å². The zero-order valence-corrected chi connectivity index (χ0v) is 15.3. The number of aromatic nitrogens is 1. The lowest BCUT2D eigenvalue weighted by Crippen LogP contribution is -2.51. The fourth-order valence-corrected chi connectivity index (χ4v) is 3.00. The number of thioether (sulfide) groups is 1. The standard InChI is InChI=1S/C16H21N3O6S/c1-2-24-16(22)18-9-7-17(8-10-18)13(20)11-25-15(21)12-26-14-5-3-4-6-19(14)23/h3-6H,2,7-12H2,1H3. The highest BCUT2D eigenvalue weighted by Gasteiger charge is 2.25. The number of carbonyl (C=O) groups is 3. The second-order valence-electron chi connectivity index (χ2n) is 5.38. The fourth-order valence-electron chi connectivity index (χ4n) is 2.29. The minimum Gasteiger partial charge on any atom is -0.618 e. The molecular formula is C16H21N3O6S. The Kier molecular flexibility index (Phi) is 7.52. The summed E-state index contributed by atoms with van der Waals surface area (Å²) in [6, 6.07) is 4.89. The molecule has 1 aliphatic rings. The van der Waals surface area contributed by atoms with Gasteiger partial charge in [0.1, 0.15) is 5.75 Å². The van der Waals surface area contributed by atoms with Crippen LogP contribution in [0.5, 0.6) is 0 Å². The Morgan fingerprint density at radius 2 is 1.85 bits per heavy atom. The smallest absolute Gasteiger partial charge is 0.409 e. The molecule has 0 atom stereocenters. The highest BCUT2D eigenvalue weighted by atomic mass is 32.2. The molecule has 2 heterocycles. The lowest BCUT2D eigenvalue weighted by Gasteiger charge is -2.33. The summed E-state index contributed by atoms with van der Waals surface area (Å²) in [4.78, 5) is 38.5. The van der Waals surface area contributed by atoms with Gasteiger partial charge in [-0.2, -0.15) is 4.73 Å². The highest BCUT2D eigenvalue weighted by Crippen LogP contribution is 2.12. The topological polar surface area (TPSA) is 103 Å². The van der Waals surface area contributed by atoms with Gasteiger partial charge in [0.2, 0.25) is 0 Å². The third-order valence-electron chi connectivity index (χ3n) is 3.64. The molecule has 0 N–H and O–H groups in total. The molecule has 10 heteroatoms. The van der Waals surface area contributed by atoms with Crippen molar-refractivity contribution in [3.8, 4) is 0 Å². The van der Waals surface area contributed by atoms with Crippen molar-refractivity contribution in [3.63, 3.8) is 0 Å². The number of rotatable bonds is 6. The van der Waals surface area contributed by atoms with E-state index in [2.05, 4.69) is 0 Å². The van der Waals surface area contributed by atoms with Gasteiger partial charge in [0.15, 0.2) is 12.8 Å². The summed E-state index contributed by atoms with van der Waals surface area (Å²) < 4.78 is 10.5. The van der Waals surface area contributed by atoms with Crippen LogP contribution < -0.4 is 4.73 Å². The SMILES string of the molecule is CCOC(=O)N1CCN(C(=O)COC(=O)CSc2cccc[n+]2[O-])CC1. The predicted molar refractivity (Wildman–Crippen MR) is 92.3 cm³/mol. The molecule has 0 aromatic carbocycles. The monoisotopic (exact) mass is 383 g/mol. The van der Waals surface area contributed by atoms with Crippen LogP contribution in [0, 0.1) is 5.21 Å². The molecular weight excluding hydrogens is 362 g/mol. The average molecular weight is 383 g/mol. The van der Waals surface area contributed by atoms with Gasteiger partial charge in [-0.05, 0) is 24.8 Å². The quantitative estimate of drug-likeness (QED) is 0.300. The lowest BCUT2D eigenvalue weighted by atomic mass is 10.3. The number of pyridine rings is 1. The van der Waals surface area contributed by atoms with Gasteiger partial charge in [-0.1, -0.05) is 0 Å². The van der Waals surface area contributed by atoms with Gasteiger partial charge in [-0.25, -0.2) is 4.79 Å². The number of hydrogen-bond donors (Lipinski definition) is 0. The molecule has 142 valence electrons. The summed E-state index contributed by atoms with van der Waals surface area (Å²) in [7, 11) is 0. The molecule has 9 nitrogen and oxygen atoms in total. The van der Waals surface area contributed by atoms with E-state index in [1.54, 1.807) is 30.0 Å². The summed E-state index contributed by atoms with van der Waals surface area (Å²) in [5.41, 5.74) is 0. The maximum atomic E-state index is 12.1.